The van der Waals surface area contributed by atoms with Gasteiger partial charge in [0.05, 0.1) is 6.04 Å². The van der Waals surface area contributed by atoms with E-state index in [0.29, 0.717) is 12.5 Å². The van der Waals surface area contributed by atoms with E-state index in [4.69, 9.17) is 10.5 Å². The van der Waals surface area contributed by atoms with Crippen LogP contribution in [0.15, 0.2) is 72.9 Å². The zero-order valence-corrected chi connectivity index (χ0v) is 13.1. The highest BCUT2D eigenvalue weighted by Gasteiger charge is 2.11. The van der Waals surface area contributed by atoms with Crippen molar-refractivity contribution in [2.45, 2.75) is 19.6 Å². The van der Waals surface area contributed by atoms with Crippen LogP contribution in [0, 0.1) is 6.92 Å². The smallest absolute Gasteiger partial charge is 0.216 e. The summed E-state index contributed by atoms with van der Waals surface area (Å²) in [5.41, 5.74) is 10.5. The fourth-order valence-corrected chi connectivity index (χ4v) is 2.48. The first-order valence-corrected chi connectivity index (χ1v) is 7.68. The summed E-state index contributed by atoms with van der Waals surface area (Å²) in [6, 6.07) is 22.0. The average Bonchev–Trinajstić information content (AvgIpc) is 2.61. The number of benzene rings is 2. The van der Waals surface area contributed by atoms with Gasteiger partial charge in [0, 0.05) is 11.8 Å². The summed E-state index contributed by atoms with van der Waals surface area (Å²) < 4.78 is 5.81. The summed E-state index contributed by atoms with van der Waals surface area (Å²) in [4.78, 5) is 4.44. The molecule has 1 heterocycles. The van der Waals surface area contributed by atoms with E-state index in [1.54, 1.807) is 6.20 Å². The Bertz CT molecular complexity index is 757. The van der Waals surface area contributed by atoms with Crippen LogP contribution < -0.4 is 10.5 Å². The number of aromatic nitrogens is 1. The zero-order valence-electron chi connectivity index (χ0n) is 13.1. The van der Waals surface area contributed by atoms with Crippen molar-refractivity contribution in [1.82, 2.24) is 4.98 Å². The summed E-state index contributed by atoms with van der Waals surface area (Å²) in [6.07, 6.45) is 1.80. The first-order valence-electron chi connectivity index (χ1n) is 7.68. The van der Waals surface area contributed by atoms with Crippen molar-refractivity contribution in [3.8, 4) is 5.88 Å². The van der Waals surface area contributed by atoms with Crippen LogP contribution in [0.5, 0.6) is 5.88 Å². The van der Waals surface area contributed by atoms with Gasteiger partial charge in [-0.1, -0.05) is 60.7 Å². The van der Waals surface area contributed by atoms with Crippen LogP contribution in [-0.2, 0) is 6.61 Å². The Balaban J connectivity index is 1.73. The quantitative estimate of drug-likeness (QED) is 0.774. The molecular weight excluding hydrogens is 284 g/mol. The summed E-state index contributed by atoms with van der Waals surface area (Å²) >= 11 is 0. The van der Waals surface area contributed by atoms with Crippen LogP contribution in [0.1, 0.15) is 28.3 Å². The van der Waals surface area contributed by atoms with Crippen molar-refractivity contribution in [3.05, 3.63) is 95.2 Å². The molecule has 0 aliphatic rings. The van der Waals surface area contributed by atoms with Gasteiger partial charge in [0.1, 0.15) is 6.61 Å². The van der Waals surface area contributed by atoms with Crippen molar-refractivity contribution in [1.29, 1.82) is 0 Å². The van der Waals surface area contributed by atoms with Gasteiger partial charge in [-0.05, 0) is 29.7 Å². The Morgan fingerprint density at radius 3 is 2.26 bits per heavy atom. The van der Waals surface area contributed by atoms with E-state index < -0.39 is 0 Å². The van der Waals surface area contributed by atoms with Crippen molar-refractivity contribution in [3.63, 3.8) is 0 Å². The van der Waals surface area contributed by atoms with Gasteiger partial charge in [0.25, 0.3) is 0 Å². The van der Waals surface area contributed by atoms with Gasteiger partial charge in [-0.15, -0.1) is 0 Å². The van der Waals surface area contributed by atoms with E-state index in [1.807, 2.05) is 73.7 Å². The molecule has 0 amide bonds. The Labute approximate surface area is 136 Å². The highest BCUT2D eigenvalue weighted by Crippen LogP contribution is 2.23. The maximum Gasteiger partial charge on any atom is 0.216 e. The highest BCUT2D eigenvalue weighted by molar-refractivity contribution is 5.35. The molecule has 2 N–H and O–H groups in total. The van der Waals surface area contributed by atoms with Gasteiger partial charge in [-0.3, -0.25) is 0 Å². The van der Waals surface area contributed by atoms with Crippen LogP contribution >= 0.6 is 0 Å². The van der Waals surface area contributed by atoms with Gasteiger partial charge in [0.15, 0.2) is 0 Å². The lowest BCUT2D eigenvalue weighted by molar-refractivity contribution is 0.291. The van der Waals surface area contributed by atoms with Crippen LogP contribution in [-0.4, -0.2) is 4.98 Å². The molecule has 3 rings (SSSR count). The summed E-state index contributed by atoms with van der Waals surface area (Å²) in [6.45, 7) is 2.51. The minimum Gasteiger partial charge on any atom is -0.473 e. The molecule has 0 bridgehead atoms. The third-order valence-corrected chi connectivity index (χ3v) is 3.79. The Morgan fingerprint density at radius 1 is 0.957 bits per heavy atom. The lowest BCUT2D eigenvalue weighted by Gasteiger charge is -2.14. The van der Waals surface area contributed by atoms with Gasteiger partial charge >= 0.3 is 0 Å². The lowest BCUT2D eigenvalue weighted by atomic mass is 10.0. The van der Waals surface area contributed by atoms with Crippen molar-refractivity contribution >= 4 is 0 Å². The Hall–Kier alpha value is -2.65. The second-order valence-corrected chi connectivity index (χ2v) is 5.55. The maximum atomic E-state index is 6.32. The van der Waals surface area contributed by atoms with E-state index in [9.17, 15) is 0 Å². The second kappa shape index (κ2) is 7.07. The first kappa shape index (κ1) is 15.3. The molecule has 1 aromatic heterocycles. The zero-order chi connectivity index (χ0) is 16.1. The molecular formula is C20H20N2O. The normalized spacial score (nSPS) is 11.9. The average molecular weight is 304 g/mol. The number of hydrogen-bond donors (Lipinski definition) is 1. The number of hydrogen-bond acceptors (Lipinski definition) is 3. The molecule has 0 saturated carbocycles. The molecule has 3 nitrogen and oxygen atoms in total. The van der Waals surface area contributed by atoms with Crippen LogP contribution in [0.4, 0.5) is 0 Å². The third kappa shape index (κ3) is 3.76. The summed E-state index contributed by atoms with van der Waals surface area (Å²) in [5.74, 6) is 0.651. The molecule has 0 spiro atoms. The van der Waals surface area contributed by atoms with Gasteiger partial charge in [0.2, 0.25) is 5.88 Å². The molecule has 0 aliphatic heterocycles. The molecule has 116 valence electrons. The SMILES string of the molecule is Cc1cc([C@@H](N)c2ccccc2)cnc1OCc1ccccc1. The number of aryl methyl sites for hydroxylation is 1. The number of ether oxygens (including phenoxy) is 1. The Kier molecular flexibility index (Phi) is 4.69. The highest BCUT2D eigenvalue weighted by atomic mass is 16.5. The topological polar surface area (TPSA) is 48.1 Å². The molecule has 3 heteroatoms. The van der Waals surface area contributed by atoms with E-state index >= 15 is 0 Å². The van der Waals surface area contributed by atoms with Crippen molar-refractivity contribution in [2.75, 3.05) is 0 Å². The largest absolute Gasteiger partial charge is 0.473 e. The number of pyridine rings is 1. The molecule has 1 atom stereocenters. The summed E-state index contributed by atoms with van der Waals surface area (Å²) in [7, 11) is 0. The van der Waals surface area contributed by atoms with E-state index in [-0.39, 0.29) is 6.04 Å². The first-order chi connectivity index (χ1) is 11.2. The monoisotopic (exact) mass is 304 g/mol. The third-order valence-electron chi connectivity index (χ3n) is 3.79. The second-order valence-electron chi connectivity index (χ2n) is 5.55. The standard InChI is InChI=1S/C20H20N2O/c1-15-12-18(19(21)17-10-6-3-7-11-17)13-22-20(15)23-14-16-8-4-2-5-9-16/h2-13,19H,14,21H2,1H3/t19-/m0/s1. The Morgan fingerprint density at radius 2 is 1.61 bits per heavy atom. The summed E-state index contributed by atoms with van der Waals surface area (Å²) in [5, 5.41) is 0. The molecule has 23 heavy (non-hydrogen) atoms. The lowest BCUT2D eigenvalue weighted by Crippen LogP contribution is -2.12. The molecule has 0 fully saturated rings. The van der Waals surface area contributed by atoms with Crippen LogP contribution in [0.2, 0.25) is 0 Å². The molecule has 0 radical (unpaired) electrons. The predicted octanol–water partition coefficient (Wildman–Crippen LogP) is 4.02. The van der Waals surface area contributed by atoms with Gasteiger partial charge in [-0.2, -0.15) is 0 Å². The fourth-order valence-electron chi connectivity index (χ4n) is 2.48. The van der Waals surface area contributed by atoms with Crippen molar-refractivity contribution in [2.24, 2.45) is 5.73 Å². The van der Waals surface area contributed by atoms with E-state index in [0.717, 1.165) is 22.3 Å². The minimum atomic E-state index is -0.175. The molecule has 0 aliphatic carbocycles. The van der Waals surface area contributed by atoms with E-state index in [2.05, 4.69) is 4.98 Å². The van der Waals surface area contributed by atoms with Gasteiger partial charge in [-0.25, -0.2) is 4.98 Å². The fraction of sp³-hybridized carbons (Fsp3) is 0.150. The number of nitrogens with two attached hydrogens (primary N) is 1. The number of nitrogens with zero attached hydrogens (tertiary/aromatic N) is 1. The van der Waals surface area contributed by atoms with Crippen molar-refractivity contribution < 1.29 is 4.74 Å². The number of rotatable bonds is 5. The minimum absolute atomic E-state index is 0.175. The maximum absolute atomic E-state index is 6.32. The molecule has 0 saturated heterocycles. The molecule has 2 aromatic carbocycles. The molecule has 0 unspecified atom stereocenters. The predicted molar refractivity (Wildman–Crippen MR) is 92.2 cm³/mol. The van der Waals surface area contributed by atoms with E-state index in [1.165, 1.54) is 0 Å². The van der Waals surface area contributed by atoms with Gasteiger partial charge < -0.3 is 10.5 Å². The van der Waals surface area contributed by atoms with Crippen LogP contribution in [0.3, 0.4) is 0 Å². The molecule has 3 aromatic rings. The van der Waals surface area contributed by atoms with Crippen LogP contribution in [0.25, 0.3) is 0 Å².